The van der Waals surface area contributed by atoms with E-state index in [4.69, 9.17) is 23.2 Å². The van der Waals surface area contributed by atoms with Crippen LogP contribution in [0.4, 0.5) is 14.9 Å². The van der Waals surface area contributed by atoms with Crippen molar-refractivity contribution in [1.82, 2.24) is 14.5 Å². The highest BCUT2D eigenvalue weighted by atomic mass is 35.5. The molecule has 32 heavy (non-hydrogen) atoms. The zero-order valence-electron chi connectivity index (χ0n) is 17.8. The second kappa shape index (κ2) is 10.4. The molecule has 1 fully saturated rings. The number of rotatable bonds is 6. The fourth-order valence-electron chi connectivity index (χ4n) is 3.57. The number of benzene rings is 2. The molecule has 0 aliphatic carbocycles. The number of nitrogens with zero attached hydrogens (tertiary/aromatic N) is 3. The van der Waals surface area contributed by atoms with Gasteiger partial charge in [-0.3, -0.25) is 0 Å². The van der Waals surface area contributed by atoms with E-state index in [2.05, 4.69) is 5.32 Å². The Morgan fingerprint density at radius 2 is 1.75 bits per heavy atom. The smallest absolute Gasteiger partial charge is 0.317 e. The highest BCUT2D eigenvalue weighted by Gasteiger charge is 2.37. The zero-order valence-corrected chi connectivity index (χ0v) is 20.1. The summed E-state index contributed by atoms with van der Waals surface area (Å²) in [6, 6.07) is 9.28. The molecular formula is C21H25Cl2FN4O3S. The van der Waals surface area contributed by atoms with E-state index in [9.17, 15) is 13.6 Å². The van der Waals surface area contributed by atoms with E-state index in [0.717, 1.165) is 0 Å². The van der Waals surface area contributed by atoms with Crippen LogP contribution in [0.3, 0.4) is 0 Å². The minimum atomic E-state index is -3.88. The number of nitrogens with one attached hydrogen (secondary N) is 1. The van der Waals surface area contributed by atoms with Crippen LogP contribution in [0.5, 0.6) is 0 Å². The average Bonchev–Trinajstić information content (AvgIpc) is 2.75. The quantitative estimate of drug-likeness (QED) is 0.605. The third kappa shape index (κ3) is 5.18. The summed E-state index contributed by atoms with van der Waals surface area (Å²) in [6.45, 7) is 3.33. The first-order valence-electron chi connectivity index (χ1n) is 10.1. The van der Waals surface area contributed by atoms with Gasteiger partial charge in [-0.25, -0.2) is 9.18 Å². The van der Waals surface area contributed by atoms with Gasteiger partial charge in [0.15, 0.2) is 16.2 Å². The summed E-state index contributed by atoms with van der Waals surface area (Å²) in [5, 5.41) is 2.81. The minimum Gasteiger partial charge on any atom is -0.593 e. The van der Waals surface area contributed by atoms with Gasteiger partial charge < -0.3 is 19.7 Å². The maximum atomic E-state index is 15.2. The average molecular weight is 503 g/mol. The van der Waals surface area contributed by atoms with Crippen molar-refractivity contribution in [2.75, 3.05) is 44.7 Å². The van der Waals surface area contributed by atoms with Crippen LogP contribution in [0.25, 0.3) is 0 Å². The first-order chi connectivity index (χ1) is 15.2. The van der Waals surface area contributed by atoms with Gasteiger partial charge in [-0.2, -0.15) is 0 Å². The first kappa shape index (κ1) is 24.7. The molecule has 0 bridgehead atoms. The summed E-state index contributed by atoms with van der Waals surface area (Å²) in [5.41, 5.74) is 0.758. The summed E-state index contributed by atoms with van der Waals surface area (Å²) in [4.78, 5) is 15.0. The number of carbonyl (C=O) groups is 1. The molecule has 1 N–H and O–H groups in total. The maximum Gasteiger partial charge on any atom is 0.317 e. The standard InChI is InChI=1S/C21H25Cl2FN4O3S/c1-3-25-21(29)26(2)14-15-6-4-9-18(19(15)24)27-10-12-28(13-11-27)32(30,31)20-16(22)7-5-8-17(20)23/h4-9H,3,10-14H2,1-2H3,(H-,25,29,30,31). The van der Waals surface area contributed by atoms with Crippen molar-refractivity contribution in [2.45, 2.75) is 18.4 Å². The second-order valence-corrected chi connectivity index (χ2v) is 10.1. The predicted octanol–water partition coefficient (Wildman–Crippen LogP) is 4.02. The Balaban J connectivity index is 1.73. The lowest BCUT2D eigenvalue weighted by atomic mass is 10.1. The molecule has 1 aliphatic rings. The van der Waals surface area contributed by atoms with Gasteiger partial charge in [0.1, 0.15) is 0 Å². The summed E-state index contributed by atoms with van der Waals surface area (Å²) in [5.74, 6) is -0.422. The molecule has 0 aromatic heterocycles. The summed E-state index contributed by atoms with van der Waals surface area (Å²) < 4.78 is 42.6. The van der Waals surface area contributed by atoms with E-state index < -0.39 is 16.2 Å². The van der Waals surface area contributed by atoms with Crippen LogP contribution in [0.15, 0.2) is 41.3 Å². The van der Waals surface area contributed by atoms with Crippen LogP contribution in [-0.2, 0) is 21.2 Å². The van der Waals surface area contributed by atoms with Crippen LogP contribution >= 0.6 is 23.2 Å². The Morgan fingerprint density at radius 3 is 2.34 bits per heavy atom. The third-order valence-corrected chi connectivity index (χ3v) is 8.09. The number of anilines is 1. The molecule has 2 aromatic carbocycles. The van der Waals surface area contributed by atoms with E-state index in [-0.39, 0.29) is 40.6 Å². The molecule has 2 amide bonds. The summed E-state index contributed by atoms with van der Waals surface area (Å²) >= 11 is 12.2. The van der Waals surface area contributed by atoms with Crippen molar-refractivity contribution in [3.05, 3.63) is 57.8 Å². The topological polar surface area (TPSA) is 79.0 Å². The van der Waals surface area contributed by atoms with Gasteiger partial charge in [0.05, 0.1) is 35.4 Å². The molecule has 2 aromatic rings. The Morgan fingerprint density at radius 1 is 1.16 bits per heavy atom. The van der Waals surface area contributed by atoms with Gasteiger partial charge >= 0.3 is 6.03 Å². The molecule has 1 unspecified atom stereocenters. The Kier molecular flexibility index (Phi) is 8.00. The lowest BCUT2D eigenvalue weighted by molar-refractivity contribution is 0.207. The van der Waals surface area contributed by atoms with Gasteiger partial charge in [-0.1, -0.05) is 45.6 Å². The van der Waals surface area contributed by atoms with Crippen LogP contribution in [0.1, 0.15) is 12.5 Å². The zero-order chi connectivity index (χ0) is 23.5. The molecule has 1 heterocycles. The van der Waals surface area contributed by atoms with Gasteiger partial charge in [0.25, 0.3) is 0 Å². The van der Waals surface area contributed by atoms with Gasteiger partial charge in [0, 0.05) is 32.2 Å². The predicted molar refractivity (Wildman–Crippen MR) is 124 cm³/mol. The molecule has 7 nitrogen and oxygen atoms in total. The van der Waals surface area contributed by atoms with Crippen LogP contribution in [-0.4, -0.2) is 59.6 Å². The van der Waals surface area contributed by atoms with Gasteiger partial charge in [0.2, 0.25) is 4.90 Å². The molecule has 0 radical (unpaired) electrons. The van der Waals surface area contributed by atoms with Gasteiger partial charge in [-0.05, 0) is 25.1 Å². The molecule has 0 spiro atoms. The molecule has 0 saturated carbocycles. The largest absolute Gasteiger partial charge is 0.593 e. The van der Waals surface area contributed by atoms with Crippen molar-refractivity contribution < 1.29 is 17.9 Å². The highest BCUT2D eigenvalue weighted by molar-refractivity contribution is 7.95. The summed E-state index contributed by atoms with van der Waals surface area (Å²) in [6.07, 6.45) is 0. The van der Waals surface area contributed by atoms with E-state index in [1.807, 2.05) is 6.92 Å². The SMILES string of the molecule is CCNC(=O)N(C)Cc1cccc(N2CCN([S+](=O)([O-])c3c(Cl)cccc3Cl)CC2)c1F. The monoisotopic (exact) mass is 502 g/mol. The number of amides is 2. The van der Waals surface area contributed by atoms with Gasteiger partial charge in [-0.15, -0.1) is 4.31 Å². The third-order valence-electron chi connectivity index (χ3n) is 5.24. The number of sulfonamides is 1. The highest BCUT2D eigenvalue weighted by Crippen LogP contribution is 2.35. The van der Waals surface area contributed by atoms with E-state index in [1.54, 1.807) is 36.2 Å². The normalized spacial score (nSPS) is 16.5. The van der Waals surface area contributed by atoms with E-state index >= 15 is 4.39 Å². The number of halogens is 3. The molecule has 174 valence electrons. The van der Waals surface area contributed by atoms with E-state index in [0.29, 0.717) is 30.9 Å². The lowest BCUT2D eigenvalue weighted by Crippen LogP contribution is -2.51. The molecule has 11 heteroatoms. The molecule has 1 atom stereocenters. The number of piperazine rings is 1. The number of hydrogen-bond donors (Lipinski definition) is 1. The van der Waals surface area contributed by atoms with E-state index in [1.165, 1.54) is 21.3 Å². The van der Waals surface area contributed by atoms with Crippen molar-refractivity contribution in [1.29, 1.82) is 0 Å². The Labute approximate surface area is 198 Å². The molecule has 3 rings (SSSR count). The fourth-order valence-corrected chi connectivity index (χ4v) is 6.09. The first-order valence-corrected chi connectivity index (χ1v) is 12.3. The fraction of sp³-hybridized carbons (Fsp3) is 0.381. The molecule has 1 aliphatic heterocycles. The number of carbonyl (C=O) groups excluding carboxylic acids is 1. The summed E-state index contributed by atoms with van der Waals surface area (Å²) in [7, 11) is -2.28. The molecular weight excluding hydrogens is 478 g/mol. The number of hydrogen-bond acceptors (Lipinski definition) is 4. The lowest BCUT2D eigenvalue weighted by Gasteiger charge is -2.37. The Hall–Kier alpha value is -1.91. The van der Waals surface area contributed by atoms with Crippen LogP contribution in [0.2, 0.25) is 10.0 Å². The molecule has 1 saturated heterocycles. The number of urea groups is 1. The second-order valence-electron chi connectivity index (χ2n) is 7.38. The van der Waals surface area contributed by atoms with Crippen molar-refractivity contribution in [3.8, 4) is 0 Å². The Bertz CT molecular complexity index is 1010. The van der Waals surface area contributed by atoms with Crippen LogP contribution in [0, 0.1) is 5.82 Å². The van der Waals surface area contributed by atoms with Crippen molar-refractivity contribution >= 4 is 45.3 Å². The van der Waals surface area contributed by atoms with Crippen molar-refractivity contribution in [2.24, 2.45) is 0 Å². The van der Waals surface area contributed by atoms with Crippen LogP contribution < -0.4 is 10.2 Å². The van der Waals surface area contributed by atoms with Crippen molar-refractivity contribution in [3.63, 3.8) is 0 Å². The maximum absolute atomic E-state index is 15.2. The minimum absolute atomic E-state index is 0.0647.